The maximum absolute atomic E-state index is 12.1. The van der Waals surface area contributed by atoms with E-state index in [-0.39, 0.29) is 11.9 Å². The fourth-order valence-electron chi connectivity index (χ4n) is 2.85. The van der Waals surface area contributed by atoms with Gasteiger partial charge in [0.25, 0.3) is 0 Å². The standard InChI is InChI=1S/C15H30N2OS/c1-11(2)15(3)8-5-6-12(10-15)17-14(18)13(16)7-9-19-4/h11-13H,5-10,16H2,1-4H3,(H,17,18)/t12?,13-,15?/m0/s1. The Morgan fingerprint density at radius 2 is 2.21 bits per heavy atom. The van der Waals surface area contributed by atoms with Crippen molar-refractivity contribution in [1.82, 2.24) is 5.32 Å². The lowest BCUT2D eigenvalue weighted by atomic mass is 9.67. The molecule has 4 heteroatoms. The summed E-state index contributed by atoms with van der Waals surface area (Å²) in [5.41, 5.74) is 6.28. The lowest BCUT2D eigenvalue weighted by Crippen LogP contribution is -2.49. The molecule has 112 valence electrons. The smallest absolute Gasteiger partial charge is 0.237 e. The predicted octanol–water partition coefficient (Wildman–Crippen LogP) is 2.79. The van der Waals surface area contributed by atoms with Crippen molar-refractivity contribution in [1.29, 1.82) is 0 Å². The first-order valence-electron chi connectivity index (χ1n) is 7.44. The van der Waals surface area contributed by atoms with Gasteiger partial charge in [-0.15, -0.1) is 0 Å². The third kappa shape index (κ3) is 4.99. The fourth-order valence-corrected chi connectivity index (χ4v) is 3.34. The second-order valence-corrected chi connectivity index (χ2v) is 7.48. The number of amides is 1. The van der Waals surface area contributed by atoms with Crippen LogP contribution in [-0.2, 0) is 4.79 Å². The van der Waals surface area contributed by atoms with Gasteiger partial charge in [-0.1, -0.05) is 27.2 Å². The average molecular weight is 286 g/mol. The van der Waals surface area contributed by atoms with E-state index < -0.39 is 0 Å². The molecule has 2 unspecified atom stereocenters. The predicted molar refractivity (Wildman–Crippen MR) is 84.3 cm³/mol. The highest BCUT2D eigenvalue weighted by atomic mass is 32.2. The van der Waals surface area contributed by atoms with Crippen molar-refractivity contribution < 1.29 is 4.79 Å². The lowest BCUT2D eigenvalue weighted by molar-refractivity contribution is -0.123. The molecule has 1 saturated carbocycles. The summed E-state index contributed by atoms with van der Waals surface area (Å²) in [7, 11) is 0. The Labute approximate surface area is 122 Å². The quantitative estimate of drug-likeness (QED) is 0.789. The summed E-state index contributed by atoms with van der Waals surface area (Å²) in [4.78, 5) is 12.1. The molecular formula is C15H30N2OS. The summed E-state index contributed by atoms with van der Waals surface area (Å²) in [6.45, 7) is 6.92. The number of nitrogens with one attached hydrogen (secondary N) is 1. The highest BCUT2D eigenvalue weighted by molar-refractivity contribution is 7.98. The molecule has 0 spiro atoms. The van der Waals surface area contributed by atoms with Crippen LogP contribution in [-0.4, -0.2) is 30.0 Å². The van der Waals surface area contributed by atoms with Gasteiger partial charge in [0, 0.05) is 6.04 Å². The Morgan fingerprint density at radius 1 is 1.53 bits per heavy atom. The second kappa shape index (κ2) is 7.53. The minimum atomic E-state index is -0.348. The molecule has 3 atom stereocenters. The highest BCUT2D eigenvalue weighted by Crippen LogP contribution is 2.41. The van der Waals surface area contributed by atoms with Crippen molar-refractivity contribution in [2.24, 2.45) is 17.1 Å². The molecule has 1 rings (SSSR count). The molecule has 1 fully saturated rings. The van der Waals surface area contributed by atoms with E-state index in [1.54, 1.807) is 11.8 Å². The normalized spacial score (nSPS) is 29.3. The molecular weight excluding hydrogens is 256 g/mol. The summed E-state index contributed by atoms with van der Waals surface area (Å²) >= 11 is 1.74. The fraction of sp³-hybridized carbons (Fsp3) is 0.933. The summed E-state index contributed by atoms with van der Waals surface area (Å²) < 4.78 is 0. The summed E-state index contributed by atoms with van der Waals surface area (Å²) in [6.07, 6.45) is 7.48. The Bertz CT molecular complexity index is 296. The monoisotopic (exact) mass is 286 g/mol. The van der Waals surface area contributed by atoms with Crippen LogP contribution in [0.4, 0.5) is 0 Å². The minimum Gasteiger partial charge on any atom is -0.352 e. The zero-order valence-corrected chi connectivity index (χ0v) is 13.7. The highest BCUT2D eigenvalue weighted by Gasteiger charge is 2.35. The van der Waals surface area contributed by atoms with E-state index in [1.165, 1.54) is 12.8 Å². The van der Waals surface area contributed by atoms with Gasteiger partial charge in [-0.05, 0) is 49.0 Å². The van der Waals surface area contributed by atoms with Crippen LogP contribution in [0.25, 0.3) is 0 Å². The topological polar surface area (TPSA) is 55.1 Å². The van der Waals surface area contributed by atoms with E-state index >= 15 is 0 Å². The zero-order valence-electron chi connectivity index (χ0n) is 12.9. The SMILES string of the molecule is CSCC[C@H](N)C(=O)NC1CCCC(C)(C(C)C)C1. The van der Waals surface area contributed by atoms with Crippen LogP contribution < -0.4 is 11.1 Å². The van der Waals surface area contributed by atoms with Crippen LogP contribution in [0.15, 0.2) is 0 Å². The van der Waals surface area contributed by atoms with Crippen LogP contribution in [0, 0.1) is 11.3 Å². The van der Waals surface area contributed by atoms with Crippen molar-refractivity contribution in [2.75, 3.05) is 12.0 Å². The van der Waals surface area contributed by atoms with Gasteiger partial charge >= 0.3 is 0 Å². The molecule has 1 aliphatic carbocycles. The molecule has 0 bridgehead atoms. The van der Waals surface area contributed by atoms with Crippen LogP contribution in [0.1, 0.15) is 52.9 Å². The van der Waals surface area contributed by atoms with Crippen molar-refractivity contribution in [2.45, 2.75) is 65.0 Å². The average Bonchev–Trinajstić information content (AvgIpc) is 2.35. The summed E-state index contributed by atoms with van der Waals surface area (Å²) in [6, 6.07) is -0.0336. The van der Waals surface area contributed by atoms with E-state index in [9.17, 15) is 4.79 Å². The molecule has 0 radical (unpaired) electrons. The number of carbonyl (C=O) groups is 1. The van der Waals surface area contributed by atoms with E-state index in [2.05, 4.69) is 26.1 Å². The maximum Gasteiger partial charge on any atom is 0.237 e. The van der Waals surface area contributed by atoms with Crippen LogP contribution >= 0.6 is 11.8 Å². The van der Waals surface area contributed by atoms with Crippen LogP contribution in [0.5, 0.6) is 0 Å². The van der Waals surface area contributed by atoms with Crippen molar-refractivity contribution >= 4 is 17.7 Å². The van der Waals surface area contributed by atoms with Gasteiger partial charge < -0.3 is 11.1 Å². The molecule has 0 aromatic heterocycles. The number of thioether (sulfide) groups is 1. The van der Waals surface area contributed by atoms with Crippen molar-refractivity contribution in [3.63, 3.8) is 0 Å². The first kappa shape index (κ1) is 16.8. The van der Waals surface area contributed by atoms with Gasteiger partial charge in [-0.3, -0.25) is 4.79 Å². The van der Waals surface area contributed by atoms with Gasteiger partial charge in [0.2, 0.25) is 5.91 Å². The molecule has 1 amide bonds. The number of hydrogen-bond donors (Lipinski definition) is 2. The lowest BCUT2D eigenvalue weighted by Gasteiger charge is -2.41. The maximum atomic E-state index is 12.1. The number of rotatable bonds is 6. The largest absolute Gasteiger partial charge is 0.352 e. The molecule has 19 heavy (non-hydrogen) atoms. The second-order valence-electron chi connectivity index (χ2n) is 6.50. The molecule has 0 heterocycles. The van der Waals surface area contributed by atoms with E-state index in [0.29, 0.717) is 17.4 Å². The van der Waals surface area contributed by atoms with Crippen LogP contribution in [0.3, 0.4) is 0 Å². The molecule has 3 N–H and O–H groups in total. The third-order valence-electron chi connectivity index (χ3n) is 4.72. The Balaban J connectivity index is 2.46. The van der Waals surface area contributed by atoms with E-state index in [0.717, 1.165) is 25.0 Å². The van der Waals surface area contributed by atoms with Gasteiger partial charge in [0.05, 0.1) is 6.04 Å². The molecule has 3 nitrogen and oxygen atoms in total. The van der Waals surface area contributed by atoms with Crippen molar-refractivity contribution in [3.05, 3.63) is 0 Å². The van der Waals surface area contributed by atoms with Crippen molar-refractivity contribution in [3.8, 4) is 0 Å². The van der Waals surface area contributed by atoms with Crippen LogP contribution in [0.2, 0.25) is 0 Å². The molecule has 1 aliphatic rings. The number of carbonyl (C=O) groups excluding carboxylic acids is 1. The molecule has 0 aliphatic heterocycles. The van der Waals surface area contributed by atoms with E-state index in [1.807, 2.05) is 6.26 Å². The summed E-state index contributed by atoms with van der Waals surface area (Å²) in [5, 5.41) is 3.16. The Kier molecular flexibility index (Phi) is 6.67. The first-order valence-corrected chi connectivity index (χ1v) is 8.83. The number of nitrogens with two attached hydrogens (primary N) is 1. The van der Waals surface area contributed by atoms with E-state index in [4.69, 9.17) is 5.73 Å². The summed E-state index contributed by atoms with van der Waals surface area (Å²) in [5.74, 6) is 1.65. The molecule has 0 aromatic rings. The third-order valence-corrected chi connectivity index (χ3v) is 5.37. The molecule has 0 aromatic carbocycles. The zero-order chi connectivity index (χ0) is 14.5. The Morgan fingerprint density at radius 3 is 2.79 bits per heavy atom. The van der Waals surface area contributed by atoms with Gasteiger partial charge in [0.15, 0.2) is 0 Å². The Hall–Kier alpha value is -0.220. The van der Waals surface area contributed by atoms with Gasteiger partial charge in [-0.2, -0.15) is 11.8 Å². The van der Waals surface area contributed by atoms with Gasteiger partial charge in [0.1, 0.15) is 0 Å². The minimum absolute atomic E-state index is 0.0343. The number of hydrogen-bond acceptors (Lipinski definition) is 3. The van der Waals surface area contributed by atoms with Gasteiger partial charge in [-0.25, -0.2) is 0 Å². The first-order chi connectivity index (χ1) is 8.89. The molecule has 0 saturated heterocycles.